The zero-order valence-electron chi connectivity index (χ0n) is 14.4. The van der Waals surface area contributed by atoms with Crippen molar-refractivity contribution >= 4 is 10.8 Å². The molecule has 5 heteroatoms. The van der Waals surface area contributed by atoms with E-state index in [0.29, 0.717) is 23.7 Å². The third kappa shape index (κ3) is 3.29. The van der Waals surface area contributed by atoms with Gasteiger partial charge in [0.15, 0.2) is 23.0 Å². The summed E-state index contributed by atoms with van der Waals surface area (Å²) in [6.45, 7) is 2.07. The van der Waals surface area contributed by atoms with Crippen molar-refractivity contribution in [1.82, 2.24) is 0 Å². The summed E-state index contributed by atoms with van der Waals surface area (Å²) in [7, 11) is 6.53. The van der Waals surface area contributed by atoms with Crippen molar-refractivity contribution in [3.63, 3.8) is 0 Å². The Morgan fingerprint density at radius 2 is 1.43 bits per heavy atom. The quantitative estimate of drug-likeness (QED) is 0.849. The van der Waals surface area contributed by atoms with Crippen LogP contribution in [0, 0.1) is 0 Å². The highest BCUT2D eigenvalue weighted by molar-refractivity contribution is 5.92. The monoisotopic (exact) mass is 319 g/mol. The Bertz CT molecular complexity index is 679. The van der Waals surface area contributed by atoms with Gasteiger partial charge in [-0.05, 0) is 41.8 Å². The van der Waals surface area contributed by atoms with Crippen molar-refractivity contribution in [2.24, 2.45) is 5.73 Å². The van der Waals surface area contributed by atoms with Crippen LogP contribution >= 0.6 is 0 Å². The topological polar surface area (TPSA) is 62.9 Å². The maximum atomic E-state index is 6.19. The van der Waals surface area contributed by atoms with Crippen molar-refractivity contribution in [2.75, 3.05) is 28.4 Å². The van der Waals surface area contributed by atoms with Gasteiger partial charge in [0.05, 0.1) is 28.4 Å². The molecule has 0 saturated carbocycles. The smallest absolute Gasteiger partial charge is 0.164 e. The minimum absolute atomic E-state index is 0.0484. The van der Waals surface area contributed by atoms with Crippen molar-refractivity contribution in [2.45, 2.75) is 25.8 Å². The van der Waals surface area contributed by atoms with E-state index in [0.717, 1.165) is 28.5 Å². The summed E-state index contributed by atoms with van der Waals surface area (Å²) in [5, 5.41) is 2.03. The van der Waals surface area contributed by atoms with E-state index in [1.54, 1.807) is 28.4 Å². The Kier molecular flexibility index (Phi) is 5.55. The summed E-state index contributed by atoms with van der Waals surface area (Å²) in [6, 6.07) is 5.90. The number of rotatable bonds is 7. The molecule has 0 aliphatic rings. The first kappa shape index (κ1) is 17.2. The summed E-state index contributed by atoms with van der Waals surface area (Å²) >= 11 is 0. The van der Waals surface area contributed by atoms with Gasteiger partial charge in [0, 0.05) is 11.6 Å². The van der Waals surface area contributed by atoms with Gasteiger partial charge < -0.3 is 24.7 Å². The second-order valence-electron chi connectivity index (χ2n) is 5.39. The maximum absolute atomic E-state index is 6.19. The Morgan fingerprint density at radius 1 is 0.870 bits per heavy atom. The van der Waals surface area contributed by atoms with Crippen LogP contribution in [-0.4, -0.2) is 34.5 Å². The molecule has 2 aromatic rings. The third-order valence-corrected chi connectivity index (χ3v) is 4.08. The number of benzene rings is 2. The average molecular weight is 319 g/mol. The summed E-state index contributed by atoms with van der Waals surface area (Å²) in [6.07, 6.45) is 1.58. The molecule has 2 rings (SSSR count). The fourth-order valence-corrected chi connectivity index (χ4v) is 2.74. The maximum Gasteiger partial charge on any atom is 0.164 e. The van der Waals surface area contributed by atoms with Gasteiger partial charge in [0.1, 0.15) is 0 Å². The SMILES string of the molecule is CCC(N)Cc1c(OC)c(OC)cc2cc(OC)c(OC)cc12. The number of fused-ring (bicyclic) bond motifs is 1. The van der Waals surface area contributed by atoms with Gasteiger partial charge in [0.2, 0.25) is 0 Å². The normalized spacial score (nSPS) is 12.1. The standard InChI is InChI=1S/C18H25NO4/c1-6-12(19)9-14-13-10-16(21-3)15(20-2)7-11(13)8-17(22-4)18(14)23-5/h7-8,10,12H,6,9,19H2,1-5H3. The first-order valence-corrected chi connectivity index (χ1v) is 7.64. The van der Waals surface area contributed by atoms with Crippen LogP contribution in [0.5, 0.6) is 23.0 Å². The van der Waals surface area contributed by atoms with Crippen LogP contribution in [0.1, 0.15) is 18.9 Å². The van der Waals surface area contributed by atoms with Gasteiger partial charge in [0.25, 0.3) is 0 Å². The molecule has 0 heterocycles. The second-order valence-corrected chi connectivity index (χ2v) is 5.39. The lowest BCUT2D eigenvalue weighted by Gasteiger charge is -2.19. The van der Waals surface area contributed by atoms with E-state index in [9.17, 15) is 0 Å². The minimum atomic E-state index is 0.0484. The van der Waals surface area contributed by atoms with Gasteiger partial charge >= 0.3 is 0 Å². The van der Waals surface area contributed by atoms with E-state index in [1.165, 1.54) is 0 Å². The van der Waals surface area contributed by atoms with E-state index in [4.69, 9.17) is 24.7 Å². The third-order valence-electron chi connectivity index (χ3n) is 4.08. The van der Waals surface area contributed by atoms with Crippen LogP contribution in [0.25, 0.3) is 10.8 Å². The average Bonchev–Trinajstić information content (AvgIpc) is 2.59. The summed E-state index contributed by atoms with van der Waals surface area (Å²) in [4.78, 5) is 0. The minimum Gasteiger partial charge on any atom is -0.493 e. The Morgan fingerprint density at radius 3 is 1.96 bits per heavy atom. The van der Waals surface area contributed by atoms with Crippen LogP contribution < -0.4 is 24.7 Å². The summed E-state index contributed by atoms with van der Waals surface area (Å²) < 4.78 is 21.9. The Labute approximate surface area is 137 Å². The number of hydrogen-bond acceptors (Lipinski definition) is 5. The molecule has 0 aliphatic heterocycles. The molecule has 126 valence electrons. The molecular formula is C18H25NO4. The predicted molar refractivity (Wildman–Crippen MR) is 92.1 cm³/mol. The second kappa shape index (κ2) is 7.42. The molecule has 23 heavy (non-hydrogen) atoms. The Hall–Kier alpha value is -2.14. The highest BCUT2D eigenvalue weighted by Gasteiger charge is 2.19. The molecule has 2 N–H and O–H groups in total. The van der Waals surface area contributed by atoms with Crippen molar-refractivity contribution < 1.29 is 18.9 Å². The molecule has 0 saturated heterocycles. The zero-order chi connectivity index (χ0) is 17.0. The van der Waals surface area contributed by atoms with Gasteiger partial charge in [-0.3, -0.25) is 0 Å². The fourth-order valence-electron chi connectivity index (χ4n) is 2.74. The number of methoxy groups -OCH3 is 4. The molecule has 5 nitrogen and oxygen atoms in total. The molecule has 0 fully saturated rings. The number of hydrogen-bond donors (Lipinski definition) is 1. The van der Waals surface area contributed by atoms with Crippen LogP contribution in [0.2, 0.25) is 0 Å². The van der Waals surface area contributed by atoms with E-state index in [-0.39, 0.29) is 6.04 Å². The van der Waals surface area contributed by atoms with E-state index in [2.05, 4.69) is 6.92 Å². The lowest BCUT2D eigenvalue weighted by molar-refractivity contribution is 0.350. The molecule has 0 aromatic heterocycles. The molecule has 0 aliphatic carbocycles. The molecular weight excluding hydrogens is 294 g/mol. The van der Waals surface area contributed by atoms with Gasteiger partial charge in [-0.25, -0.2) is 0 Å². The highest BCUT2D eigenvalue weighted by Crippen LogP contribution is 2.42. The van der Waals surface area contributed by atoms with E-state index < -0.39 is 0 Å². The van der Waals surface area contributed by atoms with Crippen LogP contribution in [-0.2, 0) is 6.42 Å². The first-order valence-electron chi connectivity index (χ1n) is 7.64. The lowest BCUT2D eigenvalue weighted by atomic mass is 9.96. The molecule has 0 amide bonds. The zero-order valence-corrected chi connectivity index (χ0v) is 14.4. The van der Waals surface area contributed by atoms with Crippen LogP contribution in [0.4, 0.5) is 0 Å². The largest absolute Gasteiger partial charge is 0.493 e. The Balaban J connectivity index is 2.78. The van der Waals surface area contributed by atoms with Crippen LogP contribution in [0.3, 0.4) is 0 Å². The number of ether oxygens (including phenoxy) is 4. The molecule has 1 unspecified atom stereocenters. The van der Waals surface area contributed by atoms with Crippen molar-refractivity contribution in [3.05, 3.63) is 23.8 Å². The number of nitrogens with two attached hydrogens (primary N) is 1. The molecule has 0 bridgehead atoms. The van der Waals surface area contributed by atoms with Crippen LogP contribution in [0.15, 0.2) is 18.2 Å². The van der Waals surface area contributed by atoms with Gasteiger partial charge in [-0.2, -0.15) is 0 Å². The van der Waals surface area contributed by atoms with E-state index in [1.807, 2.05) is 18.2 Å². The predicted octanol–water partition coefficient (Wildman–Crippen LogP) is 3.15. The van der Waals surface area contributed by atoms with E-state index >= 15 is 0 Å². The molecule has 1 atom stereocenters. The molecule has 0 spiro atoms. The summed E-state index contributed by atoms with van der Waals surface area (Å²) in [5.41, 5.74) is 7.21. The van der Waals surface area contributed by atoms with Gasteiger partial charge in [-0.1, -0.05) is 6.92 Å². The lowest BCUT2D eigenvalue weighted by Crippen LogP contribution is -2.22. The summed E-state index contributed by atoms with van der Waals surface area (Å²) in [5.74, 6) is 2.76. The fraction of sp³-hybridized carbons (Fsp3) is 0.444. The van der Waals surface area contributed by atoms with Crippen molar-refractivity contribution in [1.29, 1.82) is 0 Å². The molecule has 2 aromatic carbocycles. The molecule has 0 radical (unpaired) electrons. The van der Waals surface area contributed by atoms with Gasteiger partial charge in [-0.15, -0.1) is 0 Å². The highest BCUT2D eigenvalue weighted by atomic mass is 16.5. The first-order chi connectivity index (χ1) is 11.1. The van der Waals surface area contributed by atoms with Crippen molar-refractivity contribution in [3.8, 4) is 23.0 Å².